The maximum atomic E-state index is 12.4. The second kappa shape index (κ2) is 6.62. The van der Waals surface area contributed by atoms with Crippen LogP contribution in [0.25, 0.3) is 0 Å². The Morgan fingerprint density at radius 2 is 1.96 bits per heavy atom. The minimum absolute atomic E-state index is 0.0296. The molecule has 1 N–H and O–H groups in total. The molecule has 7 heteroatoms. The van der Waals surface area contributed by atoms with Crippen LogP contribution in [0.2, 0.25) is 0 Å². The van der Waals surface area contributed by atoms with Crippen LogP contribution >= 0.6 is 0 Å². The zero-order chi connectivity index (χ0) is 17.2. The van der Waals surface area contributed by atoms with Crippen molar-refractivity contribution < 1.29 is 17.9 Å². The molecular weight excluding hydrogens is 328 g/mol. The van der Waals surface area contributed by atoms with Crippen LogP contribution in [0.1, 0.15) is 5.56 Å². The molecule has 0 bridgehead atoms. The summed E-state index contributed by atoms with van der Waals surface area (Å²) < 4.78 is 32.2. The summed E-state index contributed by atoms with van der Waals surface area (Å²) >= 11 is 0. The number of nitrogens with zero attached hydrogens (tertiary/aromatic N) is 1. The third kappa shape index (κ3) is 3.27. The van der Waals surface area contributed by atoms with Crippen LogP contribution in [0, 0.1) is 0 Å². The van der Waals surface area contributed by atoms with Crippen LogP contribution in [0.15, 0.2) is 53.4 Å². The van der Waals surface area contributed by atoms with Gasteiger partial charge >= 0.3 is 0 Å². The van der Waals surface area contributed by atoms with Gasteiger partial charge < -0.3 is 9.64 Å². The summed E-state index contributed by atoms with van der Waals surface area (Å²) in [4.78, 5) is 13.9. The maximum absolute atomic E-state index is 12.4. The maximum Gasteiger partial charge on any atom is 0.261 e. The van der Waals surface area contributed by atoms with E-state index in [1.165, 1.54) is 7.11 Å². The van der Waals surface area contributed by atoms with Gasteiger partial charge in [-0.15, -0.1) is 0 Å². The van der Waals surface area contributed by atoms with Gasteiger partial charge in [0.1, 0.15) is 6.61 Å². The molecule has 0 radical (unpaired) electrons. The normalized spacial score (nSPS) is 13.6. The highest BCUT2D eigenvalue weighted by Crippen LogP contribution is 2.31. The molecule has 1 aliphatic heterocycles. The first kappa shape index (κ1) is 16.5. The van der Waals surface area contributed by atoms with Gasteiger partial charge in [-0.05, 0) is 42.3 Å². The van der Waals surface area contributed by atoms with Crippen LogP contribution in [0.4, 0.5) is 11.4 Å². The van der Waals surface area contributed by atoms with Gasteiger partial charge in [0.05, 0.1) is 4.90 Å². The van der Waals surface area contributed by atoms with Gasteiger partial charge in [-0.2, -0.15) is 0 Å². The first-order valence-electron chi connectivity index (χ1n) is 7.51. The van der Waals surface area contributed by atoms with E-state index in [-0.39, 0.29) is 17.4 Å². The lowest BCUT2D eigenvalue weighted by atomic mass is 10.1. The average Bonchev–Trinajstić information content (AvgIpc) is 2.99. The van der Waals surface area contributed by atoms with Crippen LogP contribution in [0.3, 0.4) is 0 Å². The number of anilines is 2. The van der Waals surface area contributed by atoms with E-state index in [1.807, 2.05) is 0 Å². The number of sulfonamides is 1. The number of hydrogen-bond acceptors (Lipinski definition) is 4. The molecule has 0 spiro atoms. The van der Waals surface area contributed by atoms with Gasteiger partial charge in [-0.25, -0.2) is 8.42 Å². The molecular formula is C17H18N2O4S. The van der Waals surface area contributed by atoms with E-state index < -0.39 is 10.0 Å². The SMILES string of the molecule is COCC(=O)N1CCc2cc(NS(=O)(=O)c3ccccc3)ccc21. The van der Waals surface area contributed by atoms with Gasteiger partial charge in [0.25, 0.3) is 15.9 Å². The summed E-state index contributed by atoms with van der Waals surface area (Å²) in [7, 11) is -2.14. The molecule has 0 fully saturated rings. The second-order valence-corrected chi connectivity index (χ2v) is 7.17. The summed E-state index contributed by atoms with van der Waals surface area (Å²) in [5.41, 5.74) is 2.23. The standard InChI is InChI=1S/C17H18N2O4S/c1-23-12-17(20)19-10-9-13-11-14(7-8-16(13)19)18-24(21,22)15-5-3-2-4-6-15/h2-8,11,18H,9-10,12H2,1H3. The molecule has 0 saturated carbocycles. The van der Waals surface area contributed by atoms with Gasteiger partial charge in [0, 0.05) is 25.0 Å². The fraction of sp³-hybridized carbons (Fsp3) is 0.235. The number of carbonyl (C=O) groups is 1. The van der Waals surface area contributed by atoms with Crippen molar-refractivity contribution in [2.75, 3.05) is 29.9 Å². The van der Waals surface area contributed by atoms with E-state index in [9.17, 15) is 13.2 Å². The molecule has 24 heavy (non-hydrogen) atoms. The zero-order valence-corrected chi connectivity index (χ0v) is 14.0. The fourth-order valence-electron chi connectivity index (χ4n) is 2.74. The molecule has 2 aromatic rings. The summed E-state index contributed by atoms with van der Waals surface area (Å²) in [6.07, 6.45) is 0.686. The van der Waals surface area contributed by atoms with Crippen molar-refractivity contribution in [1.82, 2.24) is 0 Å². The molecule has 2 aromatic carbocycles. The Kier molecular flexibility index (Phi) is 4.55. The number of amides is 1. The first-order valence-corrected chi connectivity index (χ1v) is 9.00. The first-order chi connectivity index (χ1) is 11.5. The molecule has 0 aromatic heterocycles. The number of fused-ring (bicyclic) bond motifs is 1. The van der Waals surface area contributed by atoms with Crippen molar-refractivity contribution in [3.63, 3.8) is 0 Å². The quantitative estimate of drug-likeness (QED) is 0.899. The summed E-state index contributed by atoms with van der Waals surface area (Å²) in [5.74, 6) is -0.103. The number of ether oxygens (including phenoxy) is 1. The summed E-state index contributed by atoms with van der Waals surface area (Å²) in [6.45, 7) is 0.605. The lowest BCUT2D eigenvalue weighted by Crippen LogP contribution is -2.31. The predicted octanol–water partition coefficient (Wildman–Crippen LogP) is 2.02. The number of nitrogens with one attached hydrogen (secondary N) is 1. The van der Waals surface area contributed by atoms with Crippen LogP contribution in [-0.4, -0.2) is 34.6 Å². The Labute approximate surface area is 141 Å². The molecule has 126 valence electrons. The van der Waals surface area contributed by atoms with Crippen molar-refractivity contribution in [3.05, 3.63) is 54.1 Å². The van der Waals surface area contributed by atoms with Crippen LogP contribution in [0.5, 0.6) is 0 Å². The second-order valence-electron chi connectivity index (χ2n) is 5.49. The molecule has 1 heterocycles. The van der Waals surface area contributed by atoms with E-state index in [0.29, 0.717) is 18.7 Å². The Balaban J connectivity index is 1.82. The zero-order valence-electron chi connectivity index (χ0n) is 13.2. The largest absolute Gasteiger partial charge is 0.375 e. The van der Waals surface area contributed by atoms with Crippen molar-refractivity contribution in [2.45, 2.75) is 11.3 Å². The van der Waals surface area contributed by atoms with Crippen LogP contribution in [-0.2, 0) is 26.0 Å². The topological polar surface area (TPSA) is 75.7 Å². The van der Waals surface area contributed by atoms with Gasteiger partial charge in [-0.3, -0.25) is 9.52 Å². The van der Waals surface area contributed by atoms with E-state index >= 15 is 0 Å². The monoisotopic (exact) mass is 346 g/mol. The highest BCUT2D eigenvalue weighted by atomic mass is 32.2. The van der Waals surface area contributed by atoms with Crippen molar-refractivity contribution in [1.29, 1.82) is 0 Å². The molecule has 1 aliphatic rings. The Hall–Kier alpha value is -2.38. The lowest BCUT2D eigenvalue weighted by molar-refractivity contribution is -0.122. The number of methoxy groups -OCH3 is 1. The average molecular weight is 346 g/mol. The molecule has 0 saturated heterocycles. The molecule has 0 aliphatic carbocycles. The smallest absolute Gasteiger partial charge is 0.261 e. The molecule has 3 rings (SSSR count). The Morgan fingerprint density at radius 1 is 1.21 bits per heavy atom. The number of rotatable bonds is 5. The van der Waals surface area contributed by atoms with E-state index in [2.05, 4.69) is 4.72 Å². The molecule has 1 amide bonds. The highest BCUT2D eigenvalue weighted by Gasteiger charge is 2.25. The molecule has 6 nitrogen and oxygen atoms in total. The number of benzene rings is 2. The van der Waals surface area contributed by atoms with Gasteiger partial charge in [0.2, 0.25) is 0 Å². The lowest BCUT2D eigenvalue weighted by Gasteiger charge is -2.17. The van der Waals surface area contributed by atoms with Crippen molar-refractivity contribution >= 4 is 27.3 Å². The third-order valence-electron chi connectivity index (χ3n) is 3.85. The van der Waals surface area contributed by atoms with Gasteiger partial charge in [-0.1, -0.05) is 18.2 Å². The van der Waals surface area contributed by atoms with E-state index in [4.69, 9.17) is 4.74 Å². The summed E-state index contributed by atoms with van der Waals surface area (Å²) in [5, 5.41) is 0. The van der Waals surface area contributed by atoms with E-state index in [1.54, 1.807) is 53.4 Å². The molecule has 0 atom stereocenters. The number of carbonyl (C=O) groups excluding carboxylic acids is 1. The minimum atomic E-state index is -3.62. The minimum Gasteiger partial charge on any atom is -0.375 e. The Bertz CT molecular complexity index is 850. The molecule has 0 unspecified atom stereocenters. The number of hydrogen-bond donors (Lipinski definition) is 1. The summed E-state index contributed by atoms with van der Waals surface area (Å²) in [6, 6.07) is 13.4. The van der Waals surface area contributed by atoms with Crippen molar-refractivity contribution in [3.8, 4) is 0 Å². The highest BCUT2D eigenvalue weighted by molar-refractivity contribution is 7.92. The Morgan fingerprint density at radius 3 is 2.67 bits per heavy atom. The van der Waals surface area contributed by atoms with Crippen LogP contribution < -0.4 is 9.62 Å². The van der Waals surface area contributed by atoms with E-state index in [0.717, 1.165) is 11.3 Å². The third-order valence-corrected chi connectivity index (χ3v) is 5.25. The van der Waals surface area contributed by atoms with Gasteiger partial charge in [0.15, 0.2) is 0 Å². The van der Waals surface area contributed by atoms with Crippen molar-refractivity contribution in [2.24, 2.45) is 0 Å². The fourth-order valence-corrected chi connectivity index (χ4v) is 3.81. The predicted molar refractivity (Wildman–Crippen MR) is 91.6 cm³/mol.